The van der Waals surface area contributed by atoms with Crippen LogP contribution in [0.1, 0.15) is 10.4 Å². The van der Waals surface area contributed by atoms with Crippen LogP contribution >= 0.6 is 0 Å². The van der Waals surface area contributed by atoms with Crippen molar-refractivity contribution in [1.29, 1.82) is 0 Å². The number of amides is 1. The number of H-pyrrole nitrogens is 1. The minimum absolute atomic E-state index is 0.156. The van der Waals surface area contributed by atoms with Crippen molar-refractivity contribution < 1.29 is 4.79 Å². The van der Waals surface area contributed by atoms with Gasteiger partial charge in [0.05, 0.1) is 22.8 Å². The van der Waals surface area contributed by atoms with Crippen LogP contribution in [-0.2, 0) is 6.54 Å². The number of para-hydroxylation sites is 1. The molecule has 0 bridgehead atoms. The highest BCUT2D eigenvalue weighted by Gasteiger charge is 2.09. The molecule has 0 saturated carbocycles. The Kier molecular flexibility index (Phi) is 3.81. The molecule has 0 aliphatic heterocycles. The van der Waals surface area contributed by atoms with E-state index in [1.807, 2.05) is 6.07 Å². The smallest absolute Gasteiger partial charge is 0.347 e. The highest BCUT2D eigenvalue weighted by Crippen LogP contribution is 2.04. The summed E-state index contributed by atoms with van der Waals surface area (Å²) < 4.78 is 2.71. The van der Waals surface area contributed by atoms with Crippen molar-refractivity contribution in [2.75, 3.05) is 6.54 Å². The van der Waals surface area contributed by atoms with Gasteiger partial charge in [-0.15, -0.1) is 0 Å². The number of carbonyl (C=O) groups excluding carboxylic acids is 1. The molecule has 1 aromatic carbocycles. The van der Waals surface area contributed by atoms with Gasteiger partial charge in [-0.1, -0.05) is 12.1 Å². The molecule has 0 saturated heterocycles. The van der Waals surface area contributed by atoms with Gasteiger partial charge >= 0.3 is 5.69 Å². The number of fused-ring (bicyclic) bond motifs is 2. The summed E-state index contributed by atoms with van der Waals surface area (Å²) >= 11 is 0. The van der Waals surface area contributed by atoms with Gasteiger partial charge < -0.3 is 5.32 Å². The summed E-state index contributed by atoms with van der Waals surface area (Å²) in [4.78, 5) is 40.4. The van der Waals surface area contributed by atoms with Gasteiger partial charge in [0.25, 0.3) is 11.5 Å². The van der Waals surface area contributed by atoms with E-state index in [0.29, 0.717) is 22.1 Å². The maximum absolute atomic E-state index is 12.4. The first-order valence-corrected chi connectivity index (χ1v) is 7.93. The molecular formula is C17H14N6O3. The van der Waals surface area contributed by atoms with Gasteiger partial charge in [-0.25, -0.2) is 19.3 Å². The molecule has 0 fully saturated rings. The Morgan fingerprint density at radius 3 is 2.88 bits per heavy atom. The number of rotatable bonds is 4. The van der Waals surface area contributed by atoms with Crippen LogP contribution in [0.15, 0.2) is 58.5 Å². The summed E-state index contributed by atoms with van der Waals surface area (Å²) in [5, 5.41) is 9.37. The Bertz CT molecular complexity index is 1240. The quantitative estimate of drug-likeness (QED) is 0.544. The predicted molar refractivity (Wildman–Crippen MR) is 94.1 cm³/mol. The molecule has 0 aliphatic rings. The second-order valence-corrected chi connectivity index (χ2v) is 5.69. The molecule has 1 amide bonds. The molecule has 0 unspecified atom stereocenters. The van der Waals surface area contributed by atoms with E-state index in [1.54, 1.807) is 30.3 Å². The largest absolute Gasteiger partial charge is 0.350 e. The standard InChI is InChI=1S/C17H14N6O3/c24-15(11-5-6-14-20-21-17(26)23(14)9-11)18-7-8-22-10-19-13-4-2-1-3-12(13)16(22)25/h1-6,9-10H,7-8H2,(H,18,24)(H,21,26). The van der Waals surface area contributed by atoms with E-state index >= 15 is 0 Å². The number of aromatic amines is 1. The van der Waals surface area contributed by atoms with Crippen LogP contribution < -0.4 is 16.6 Å². The topological polar surface area (TPSA) is 114 Å². The normalized spacial score (nSPS) is 11.1. The molecule has 4 aromatic rings. The second kappa shape index (κ2) is 6.28. The van der Waals surface area contributed by atoms with E-state index in [0.717, 1.165) is 0 Å². The molecule has 0 radical (unpaired) electrons. The van der Waals surface area contributed by atoms with E-state index in [1.165, 1.54) is 21.5 Å². The van der Waals surface area contributed by atoms with Crippen molar-refractivity contribution >= 4 is 22.5 Å². The Hall–Kier alpha value is -3.75. The zero-order chi connectivity index (χ0) is 18.1. The Morgan fingerprint density at radius 1 is 1.15 bits per heavy atom. The average molecular weight is 350 g/mol. The van der Waals surface area contributed by atoms with Gasteiger partial charge in [0.2, 0.25) is 0 Å². The summed E-state index contributed by atoms with van der Waals surface area (Å²) in [6.07, 6.45) is 2.88. The van der Waals surface area contributed by atoms with Gasteiger partial charge in [0.15, 0.2) is 5.65 Å². The monoisotopic (exact) mass is 350 g/mol. The van der Waals surface area contributed by atoms with E-state index in [2.05, 4.69) is 20.5 Å². The number of hydrogen-bond acceptors (Lipinski definition) is 5. The lowest BCUT2D eigenvalue weighted by molar-refractivity contribution is 0.0951. The molecule has 26 heavy (non-hydrogen) atoms. The number of nitrogens with zero attached hydrogens (tertiary/aromatic N) is 4. The van der Waals surface area contributed by atoms with E-state index in [4.69, 9.17) is 0 Å². The summed E-state index contributed by atoms with van der Waals surface area (Å²) in [6.45, 7) is 0.535. The molecule has 4 rings (SSSR count). The minimum atomic E-state index is -0.413. The Balaban J connectivity index is 1.48. The second-order valence-electron chi connectivity index (χ2n) is 5.69. The lowest BCUT2D eigenvalue weighted by Crippen LogP contribution is -2.31. The fourth-order valence-corrected chi connectivity index (χ4v) is 2.70. The lowest BCUT2D eigenvalue weighted by atomic mass is 10.2. The predicted octanol–water partition coefficient (Wildman–Crippen LogP) is 0.162. The van der Waals surface area contributed by atoms with Crippen molar-refractivity contribution in [2.24, 2.45) is 0 Å². The molecule has 9 heteroatoms. The number of aromatic nitrogens is 5. The van der Waals surface area contributed by atoms with Crippen LogP contribution in [0.4, 0.5) is 0 Å². The minimum Gasteiger partial charge on any atom is -0.350 e. The molecule has 130 valence electrons. The van der Waals surface area contributed by atoms with Gasteiger partial charge in [-0.2, -0.15) is 5.10 Å². The molecule has 0 spiro atoms. The van der Waals surface area contributed by atoms with Gasteiger partial charge in [0, 0.05) is 19.3 Å². The first-order chi connectivity index (χ1) is 12.6. The Labute approximate surface area is 145 Å². The van der Waals surface area contributed by atoms with Gasteiger partial charge in [-0.3, -0.25) is 14.2 Å². The molecular weight excluding hydrogens is 336 g/mol. The Morgan fingerprint density at radius 2 is 2.00 bits per heavy atom. The molecule has 0 aliphatic carbocycles. The van der Waals surface area contributed by atoms with Crippen molar-refractivity contribution in [3.05, 3.63) is 75.3 Å². The summed E-state index contributed by atoms with van der Waals surface area (Å²) in [5.41, 5.74) is 0.821. The SMILES string of the molecule is O=C(NCCn1cnc2ccccc2c1=O)c1ccc2n[nH]c(=O)n2c1. The van der Waals surface area contributed by atoms with Crippen LogP contribution in [0, 0.1) is 0 Å². The number of pyridine rings is 1. The maximum atomic E-state index is 12.4. The third kappa shape index (κ3) is 2.75. The molecule has 3 heterocycles. The van der Waals surface area contributed by atoms with Crippen LogP contribution in [0.5, 0.6) is 0 Å². The highest BCUT2D eigenvalue weighted by atomic mass is 16.2. The summed E-state index contributed by atoms with van der Waals surface area (Å²) in [7, 11) is 0. The van der Waals surface area contributed by atoms with Crippen LogP contribution in [-0.4, -0.2) is 36.6 Å². The third-order valence-electron chi connectivity index (χ3n) is 4.04. The van der Waals surface area contributed by atoms with E-state index in [9.17, 15) is 14.4 Å². The van der Waals surface area contributed by atoms with Crippen LogP contribution in [0.2, 0.25) is 0 Å². The first-order valence-electron chi connectivity index (χ1n) is 7.93. The third-order valence-corrected chi connectivity index (χ3v) is 4.04. The van der Waals surface area contributed by atoms with Crippen molar-refractivity contribution in [1.82, 2.24) is 29.5 Å². The van der Waals surface area contributed by atoms with E-state index < -0.39 is 5.69 Å². The average Bonchev–Trinajstić information content (AvgIpc) is 3.04. The molecule has 3 aromatic heterocycles. The van der Waals surface area contributed by atoms with Crippen molar-refractivity contribution in [3.8, 4) is 0 Å². The van der Waals surface area contributed by atoms with Gasteiger partial charge in [0.1, 0.15) is 0 Å². The number of hydrogen-bond donors (Lipinski definition) is 2. The van der Waals surface area contributed by atoms with Gasteiger partial charge in [-0.05, 0) is 24.3 Å². The number of benzene rings is 1. The zero-order valence-electron chi connectivity index (χ0n) is 13.5. The molecule has 0 atom stereocenters. The van der Waals surface area contributed by atoms with Crippen molar-refractivity contribution in [2.45, 2.75) is 6.54 Å². The lowest BCUT2D eigenvalue weighted by Gasteiger charge is -2.08. The van der Waals surface area contributed by atoms with Crippen LogP contribution in [0.3, 0.4) is 0 Å². The molecule has 2 N–H and O–H groups in total. The first kappa shape index (κ1) is 15.8. The summed E-state index contributed by atoms with van der Waals surface area (Å²) in [5.74, 6) is -0.346. The van der Waals surface area contributed by atoms with E-state index in [-0.39, 0.29) is 24.6 Å². The zero-order valence-corrected chi connectivity index (χ0v) is 13.5. The highest BCUT2D eigenvalue weighted by molar-refractivity contribution is 5.94. The fourth-order valence-electron chi connectivity index (χ4n) is 2.70. The summed E-state index contributed by atoms with van der Waals surface area (Å²) in [6, 6.07) is 10.3. The maximum Gasteiger partial charge on any atom is 0.347 e. The van der Waals surface area contributed by atoms with Crippen LogP contribution in [0.25, 0.3) is 16.6 Å². The number of nitrogens with one attached hydrogen (secondary N) is 2. The fraction of sp³-hybridized carbons (Fsp3) is 0.118. The number of carbonyl (C=O) groups is 1. The van der Waals surface area contributed by atoms with Crippen molar-refractivity contribution in [3.63, 3.8) is 0 Å². The molecule has 9 nitrogen and oxygen atoms in total.